The SMILES string of the molecule is CC(C)NC(=O)C1CN(C(=O)c2ccc3cc(Oc4ccc(C(F)(F)F)cn4)ccc3n2)CCN1. The van der Waals surface area contributed by atoms with Gasteiger partial charge in [0.1, 0.15) is 17.5 Å². The summed E-state index contributed by atoms with van der Waals surface area (Å²) in [6.45, 7) is 4.94. The Kier molecular flexibility index (Phi) is 6.88. The molecule has 3 aromatic rings. The fraction of sp³-hybridized carbons (Fsp3) is 0.333. The molecule has 4 rings (SSSR count). The van der Waals surface area contributed by atoms with E-state index in [4.69, 9.17) is 4.74 Å². The minimum atomic E-state index is -4.47. The predicted molar refractivity (Wildman–Crippen MR) is 122 cm³/mol. The van der Waals surface area contributed by atoms with E-state index in [9.17, 15) is 22.8 Å². The van der Waals surface area contributed by atoms with Crippen molar-refractivity contribution in [1.29, 1.82) is 0 Å². The third kappa shape index (κ3) is 5.86. The number of fused-ring (bicyclic) bond motifs is 1. The average molecular weight is 487 g/mol. The molecule has 2 aromatic heterocycles. The van der Waals surface area contributed by atoms with Gasteiger partial charge in [0.05, 0.1) is 11.1 Å². The van der Waals surface area contributed by atoms with Crippen molar-refractivity contribution in [2.45, 2.75) is 32.1 Å². The molecule has 0 aliphatic carbocycles. The molecule has 0 spiro atoms. The van der Waals surface area contributed by atoms with E-state index < -0.39 is 17.8 Å². The maximum Gasteiger partial charge on any atom is 0.417 e. The van der Waals surface area contributed by atoms with Crippen LogP contribution in [0.3, 0.4) is 0 Å². The van der Waals surface area contributed by atoms with Crippen molar-refractivity contribution < 1.29 is 27.5 Å². The predicted octanol–water partition coefficient (Wildman–Crippen LogP) is 3.38. The van der Waals surface area contributed by atoms with Gasteiger partial charge in [0, 0.05) is 43.3 Å². The zero-order chi connectivity index (χ0) is 25.2. The monoisotopic (exact) mass is 487 g/mol. The molecule has 1 unspecified atom stereocenters. The fourth-order valence-electron chi connectivity index (χ4n) is 3.67. The number of carbonyl (C=O) groups excluding carboxylic acids is 2. The second-order valence-electron chi connectivity index (χ2n) is 8.46. The third-order valence-corrected chi connectivity index (χ3v) is 5.38. The maximum atomic E-state index is 13.0. The summed E-state index contributed by atoms with van der Waals surface area (Å²) in [6.07, 6.45) is -3.76. The Morgan fingerprint density at radius 1 is 1.17 bits per heavy atom. The van der Waals surface area contributed by atoms with Crippen molar-refractivity contribution >= 4 is 22.7 Å². The van der Waals surface area contributed by atoms with Crippen LogP contribution >= 0.6 is 0 Å². The number of piperazine rings is 1. The summed E-state index contributed by atoms with van der Waals surface area (Å²) in [7, 11) is 0. The molecule has 1 aliphatic heterocycles. The van der Waals surface area contributed by atoms with Crippen LogP contribution in [-0.2, 0) is 11.0 Å². The summed E-state index contributed by atoms with van der Waals surface area (Å²) in [5.74, 6) is -0.0392. The molecule has 8 nitrogen and oxygen atoms in total. The van der Waals surface area contributed by atoms with Crippen LogP contribution in [0.1, 0.15) is 29.9 Å². The molecule has 0 saturated carbocycles. The van der Waals surface area contributed by atoms with Gasteiger partial charge in [-0.25, -0.2) is 9.97 Å². The van der Waals surface area contributed by atoms with Crippen LogP contribution in [0, 0.1) is 0 Å². The molecule has 1 aromatic carbocycles. The van der Waals surface area contributed by atoms with Crippen molar-refractivity contribution in [2.24, 2.45) is 0 Å². The first-order chi connectivity index (χ1) is 16.6. The highest BCUT2D eigenvalue weighted by Gasteiger charge is 2.31. The number of ether oxygens (including phenoxy) is 1. The van der Waals surface area contributed by atoms with Crippen LogP contribution in [0.4, 0.5) is 13.2 Å². The van der Waals surface area contributed by atoms with Gasteiger partial charge in [-0.1, -0.05) is 6.07 Å². The van der Waals surface area contributed by atoms with E-state index in [0.717, 1.165) is 12.1 Å². The number of amides is 2. The minimum Gasteiger partial charge on any atom is -0.439 e. The van der Waals surface area contributed by atoms with Gasteiger partial charge < -0.3 is 20.3 Å². The molecule has 2 N–H and O–H groups in total. The third-order valence-electron chi connectivity index (χ3n) is 5.38. The Labute approximate surface area is 199 Å². The number of nitrogens with zero attached hydrogens (tertiary/aromatic N) is 3. The molecule has 1 atom stereocenters. The summed E-state index contributed by atoms with van der Waals surface area (Å²) >= 11 is 0. The lowest BCUT2D eigenvalue weighted by atomic mass is 10.1. The lowest BCUT2D eigenvalue weighted by molar-refractivity contribution is -0.137. The number of hydrogen-bond acceptors (Lipinski definition) is 6. The van der Waals surface area contributed by atoms with Crippen molar-refractivity contribution in [3.63, 3.8) is 0 Å². The molecule has 0 radical (unpaired) electrons. The van der Waals surface area contributed by atoms with E-state index in [1.54, 1.807) is 35.2 Å². The van der Waals surface area contributed by atoms with Gasteiger partial charge in [-0.2, -0.15) is 13.2 Å². The quantitative estimate of drug-likeness (QED) is 0.573. The molecule has 1 aliphatic rings. The average Bonchev–Trinajstić information content (AvgIpc) is 2.82. The van der Waals surface area contributed by atoms with E-state index in [-0.39, 0.29) is 36.0 Å². The largest absolute Gasteiger partial charge is 0.439 e. The number of halogens is 3. The first-order valence-corrected chi connectivity index (χ1v) is 11.0. The first kappa shape index (κ1) is 24.4. The van der Waals surface area contributed by atoms with E-state index in [0.29, 0.717) is 35.9 Å². The van der Waals surface area contributed by atoms with E-state index >= 15 is 0 Å². The van der Waals surface area contributed by atoms with Crippen molar-refractivity contribution in [1.82, 2.24) is 25.5 Å². The van der Waals surface area contributed by atoms with Gasteiger partial charge in [0.2, 0.25) is 11.8 Å². The highest BCUT2D eigenvalue weighted by Crippen LogP contribution is 2.30. The number of nitrogens with one attached hydrogen (secondary N) is 2. The number of alkyl halides is 3. The standard InChI is InChI=1S/C24H24F3N5O3/c1-14(2)30-22(33)20-13-32(10-9-28-20)23(34)19-6-3-15-11-17(5-7-18(15)31-19)35-21-8-4-16(12-29-21)24(25,26)27/h3-8,11-12,14,20,28H,9-10,13H2,1-2H3,(H,30,33). The number of benzene rings is 1. The van der Waals surface area contributed by atoms with Crippen LogP contribution in [0.5, 0.6) is 11.6 Å². The maximum absolute atomic E-state index is 13.0. The van der Waals surface area contributed by atoms with Crippen LogP contribution in [-0.4, -0.2) is 58.4 Å². The number of hydrogen-bond donors (Lipinski definition) is 2. The number of pyridine rings is 2. The molecule has 1 saturated heterocycles. The van der Waals surface area contributed by atoms with Crippen molar-refractivity contribution in [3.05, 3.63) is 59.9 Å². The summed E-state index contributed by atoms with van der Waals surface area (Å²) in [6, 6.07) is 9.78. The lowest BCUT2D eigenvalue weighted by Crippen LogP contribution is -2.59. The minimum absolute atomic E-state index is 0.00133. The summed E-state index contributed by atoms with van der Waals surface area (Å²) in [4.78, 5) is 35.1. The van der Waals surface area contributed by atoms with Gasteiger partial charge in [0.25, 0.3) is 5.91 Å². The van der Waals surface area contributed by atoms with Gasteiger partial charge in [-0.15, -0.1) is 0 Å². The van der Waals surface area contributed by atoms with Crippen LogP contribution < -0.4 is 15.4 Å². The van der Waals surface area contributed by atoms with E-state index in [1.807, 2.05) is 13.8 Å². The topological polar surface area (TPSA) is 96.5 Å². The lowest BCUT2D eigenvalue weighted by Gasteiger charge is -2.33. The molecule has 3 heterocycles. The molecular formula is C24H24F3N5O3. The van der Waals surface area contributed by atoms with E-state index in [1.165, 1.54) is 0 Å². The van der Waals surface area contributed by atoms with Gasteiger partial charge in [-0.3, -0.25) is 9.59 Å². The van der Waals surface area contributed by atoms with Gasteiger partial charge >= 0.3 is 6.18 Å². The molecule has 2 amide bonds. The molecule has 1 fully saturated rings. The van der Waals surface area contributed by atoms with Crippen LogP contribution in [0.15, 0.2) is 48.7 Å². The zero-order valence-electron chi connectivity index (χ0n) is 19.1. The van der Waals surface area contributed by atoms with Crippen LogP contribution in [0.2, 0.25) is 0 Å². The summed E-state index contributed by atoms with van der Waals surface area (Å²) in [5.41, 5.74) is -0.0607. The number of aromatic nitrogens is 2. The Morgan fingerprint density at radius 2 is 1.97 bits per heavy atom. The summed E-state index contributed by atoms with van der Waals surface area (Å²) in [5, 5.41) is 6.65. The smallest absolute Gasteiger partial charge is 0.417 e. The highest BCUT2D eigenvalue weighted by atomic mass is 19.4. The highest BCUT2D eigenvalue weighted by molar-refractivity contribution is 5.95. The first-order valence-electron chi connectivity index (χ1n) is 11.0. The van der Waals surface area contributed by atoms with Crippen LogP contribution in [0.25, 0.3) is 10.9 Å². The Balaban J connectivity index is 1.46. The second kappa shape index (κ2) is 9.87. The molecular weight excluding hydrogens is 463 g/mol. The zero-order valence-corrected chi connectivity index (χ0v) is 19.1. The van der Waals surface area contributed by atoms with Crippen molar-refractivity contribution in [3.8, 4) is 11.6 Å². The second-order valence-corrected chi connectivity index (χ2v) is 8.46. The molecule has 184 valence electrons. The van der Waals surface area contributed by atoms with Crippen molar-refractivity contribution in [2.75, 3.05) is 19.6 Å². The normalized spacial score (nSPS) is 16.4. The number of rotatable bonds is 5. The number of carbonyl (C=O) groups is 2. The molecule has 11 heteroatoms. The Bertz CT molecular complexity index is 1230. The van der Waals surface area contributed by atoms with Gasteiger partial charge in [-0.05, 0) is 44.2 Å². The van der Waals surface area contributed by atoms with E-state index in [2.05, 4.69) is 20.6 Å². The fourth-order valence-corrected chi connectivity index (χ4v) is 3.67. The molecule has 35 heavy (non-hydrogen) atoms. The molecule has 0 bridgehead atoms. The Morgan fingerprint density at radius 3 is 2.66 bits per heavy atom. The summed E-state index contributed by atoms with van der Waals surface area (Å²) < 4.78 is 43.6. The van der Waals surface area contributed by atoms with Gasteiger partial charge in [0.15, 0.2) is 0 Å². The Hall–Kier alpha value is -3.73.